The first-order chi connectivity index (χ1) is 12.8. The molecule has 0 bridgehead atoms. The van der Waals surface area contributed by atoms with Crippen LogP contribution in [0, 0.1) is 24.0 Å². The van der Waals surface area contributed by atoms with Gasteiger partial charge in [-0.1, -0.05) is 28.7 Å². The lowest BCUT2D eigenvalue weighted by atomic mass is 10.1. The molecule has 0 fully saturated rings. The summed E-state index contributed by atoms with van der Waals surface area (Å²) >= 11 is 2.38. The van der Waals surface area contributed by atoms with Crippen molar-refractivity contribution < 1.29 is 14.6 Å². The minimum Gasteiger partial charge on any atom is -0.338 e. The Morgan fingerprint density at radius 1 is 1.26 bits per heavy atom. The van der Waals surface area contributed by atoms with Crippen LogP contribution in [0.3, 0.4) is 0 Å². The largest absolute Gasteiger partial charge is 0.338 e. The molecule has 27 heavy (non-hydrogen) atoms. The molecule has 2 aromatic heterocycles. The van der Waals surface area contributed by atoms with Gasteiger partial charge in [-0.15, -0.1) is 0 Å². The predicted molar refractivity (Wildman–Crippen MR) is 109 cm³/mol. The van der Waals surface area contributed by atoms with E-state index in [1.807, 2.05) is 34.0 Å². The number of nitrogens with one attached hydrogen (secondary N) is 1. The molecular formula is C18H21N4O3S2+. The van der Waals surface area contributed by atoms with Gasteiger partial charge < -0.3 is 4.90 Å². The number of anilines is 1. The van der Waals surface area contributed by atoms with Gasteiger partial charge in [0.1, 0.15) is 0 Å². The molecule has 0 spiro atoms. The fourth-order valence-corrected chi connectivity index (χ4v) is 4.58. The average Bonchev–Trinajstić information content (AvgIpc) is 3.21. The predicted octanol–water partition coefficient (Wildman–Crippen LogP) is 2.67. The van der Waals surface area contributed by atoms with Gasteiger partial charge in [0, 0.05) is 6.07 Å². The first kappa shape index (κ1) is 19.4. The van der Waals surface area contributed by atoms with E-state index in [9.17, 15) is 14.9 Å². The number of hydrogen-bond donors (Lipinski definition) is 1. The molecule has 0 saturated carbocycles. The van der Waals surface area contributed by atoms with Gasteiger partial charge in [0.05, 0.1) is 47.2 Å². The molecule has 3 rings (SSSR count). The normalized spacial score (nSPS) is 11.3. The van der Waals surface area contributed by atoms with Crippen molar-refractivity contribution in [2.45, 2.75) is 13.8 Å². The van der Waals surface area contributed by atoms with Crippen molar-refractivity contribution >= 4 is 48.9 Å². The third-order valence-corrected chi connectivity index (χ3v) is 6.36. The van der Waals surface area contributed by atoms with Crippen LogP contribution in [-0.2, 0) is 0 Å². The number of rotatable bonds is 6. The number of fused-ring (bicyclic) bond motifs is 1. The van der Waals surface area contributed by atoms with E-state index in [4.69, 9.17) is 0 Å². The maximum Gasteiger partial charge on any atom is 0.324 e. The second kappa shape index (κ2) is 7.71. The van der Waals surface area contributed by atoms with E-state index >= 15 is 0 Å². The first-order valence-electron chi connectivity index (χ1n) is 8.49. The third-order valence-electron chi connectivity index (χ3n) is 4.10. The smallest absolute Gasteiger partial charge is 0.324 e. The van der Waals surface area contributed by atoms with Crippen molar-refractivity contribution in [1.82, 2.24) is 4.98 Å². The van der Waals surface area contributed by atoms with Gasteiger partial charge in [-0.05, 0) is 37.1 Å². The summed E-state index contributed by atoms with van der Waals surface area (Å²) in [6.45, 7) is 5.29. The minimum atomic E-state index is -0.473. The molecule has 0 atom stereocenters. The lowest BCUT2D eigenvalue weighted by Crippen LogP contribution is -3.06. The number of likely N-dealkylation sites (N-methyl/N-ethyl adjacent to an activating group) is 1. The van der Waals surface area contributed by atoms with Crippen LogP contribution in [0.2, 0.25) is 0 Å². The summed E-state index contributed by atoms with van der Waals surface area (Å²) in [5.41, 5.74) is 3.13. The zero-order chi connectivity index (χ0) is 19.7. The molecule has 1 N–H and O–H groups in total. The van der Waals surface area contributed by atoms with Crippen molar-refractivity contribution in [1.29, 1.82) is 0 Å². The molecule has 0 radical (unpaired) electrons. The van der Waals surface area contributed by atoms with Crippen LogP contribution in [0.15, 0.2) is 24.3 Å². The Morgan fingerprint density at radius 2 is 2.00 bits per heavy atom. The summed E-state index contributed by atoms with van der Waals surface area (Å²) in [4.78, 5) is 31.5. The first-order valence-corrected chi connectivity index (χ1v) is 10.1. The lowest BCUT2D eigenvalue weighted by Gasteiger charge is -2.19. The summed E-state index contributed by atoms with van der Waals surface area (Å²) in [7, 11) is 4.04. The van der Waals surface area contributed by atoms with Crippen molar-refractivity contribution in [2.24, 2.45) is 0 Å². The Balaban J connectivity index is 2.01. The maximum atomic E-state index is 13.1. The van der Waals surface area contributed by atoms with Crippen LogP contribution in [0.25, 0.3) is 10.2 Å². The van der Waals surface area contributed by atoms with Gasteiger partial charge in [-0.2, -0.15) is 0 Å². The number of nitro groups is 1. The maximum absolute atomic E-state index is 13.1. The average molecular weight is 406 g/mol. The van der Waals surface area contributed by atoms with Crippen LogP contribution in [-0.4, -0.2) is 43.0 Å². The Hall–Kier alpha value is -2.36. The number of hydrogen-bond acceptors (Lipinski definition) is 6. The summed E-state index contributed by atoms with van der Waals surface area (Å²) in [5.74, 6) is -0.247. The molecule has 0 unspecified atom stereocenters. The van der Waals surface area contributed by atoms with Crippen LogP contribution >= 0.6 is 22.7 Å². The molecule has 142 valence electrons. The van der Waals surface area contributed by atoms with Crippen LogP contribution in [0.5, 0.6) is 0 Å². The van der Waals surface area contributed by atoms with E-state index in [0.29, 0.717) is 16.6 Å². The van der Waals surface area contributed by atoms with E-state index in [-0.39, 0.29) is 10.9 Å². The fourth-order valence-electron chi connectivity index (χ4n) is 2.77. The highest BCUT2D eigenvalue weighted by molar-refractivity contribution is 7.22. The Labute approximate surface area is 165 Å². The number of thiazole rings is 1. The number of aryl methyl sites for hydroxylation is 2. The molecule has 2 heterocycles. The summed E-state index contributed by atoms with van der Waals surface area (Å²) in [5, 5.41) is 11.5. The van der Waals surface area contributed by atoms with Crippen molar-refractivity contribution in [3.8, 4) is 0 Å². The van der Waals surface area contributed by atoms with Gasteiger partial charge in [-0.3, -0.25) is 19.8 Å². The molecule has 1 aromatic carbocycles. The van der Waals surface area contributed by atoms with E-state index in [1.54, 1.807) is 4.90 Å². The number of quaternary nitrogens is 1. The summed E-state index contributed by atoms with van der Waals surface area (Å²) in [6, 6.07) is 7.00. The van der Waals surface area contributed by atoms with Crippen LogP contribution < -0.4 is 9.80 Å². The quantitative estimate of drug-likeness (QED) is 0.505. The molecule has 0 saturated heterocycles. The molecule has 9 heteroatoms. The van der Waals surface area contributed by atoms with Crippen molar-refractivity contribution in [2.75, 3.05) is 32.1 Å². The molecule has 0 aliphatic rings. The highest BCUT2D eigenvalue weighted by Crippen LogP contribution is 2.34. The highest BCUT2D eigenvalue weighted by Gasteiger charge is 2.25. The van der Waals surface area contributed by atoms with Crippen molar-refractivity contribution in [3.63, 3.8) is 0 Å². The number of amides is 1. The van der Waals surface area contributed by atoms with Crippen LogP contribution in [0.4, 0.5) is 10.1 Å². The number of benzene rings is 1. The Morgan fingerprint density at radius 3 is 2.63 bits per heavy atom. The molecule has 1 amide bonds. The number of thiophene rings is 1. The molecular weight excluding hydrogens is 384 g/mol. The zero-order valence-electron chi connectivity index (χ0n) is 15.6. The Kier molecular flexibility index (Phi) is 5.54. The molecule has 0 aliphatic carbocycles. The van der Waals surface area contributed by atoms with Crippen molar-refractivity contribution in [3.05, 3.63) is 50.4 Å². The van der Waals surface area contributed by atoms with E-state index < -0.39 is 4.92 Å². The number of carbonyl (C=O) groups excluding carboxylic acids is 1. The van der Waals surface area contributed by atoms with Gasteiger partial charge in [-0.25, -0.2) is 4.98 Å². The van der Waals surface area contributed by atoms with Gasteiger partial charge in [0.2, 0.25) is 0 Å². The van der Waals surface area contributed by atoms with E-state index in [2.05, 4.69) is 11.1 Å². The molecule has 0 aliphatic heterocycles. The standard InChI is InChI=1S/C18H20N4O3S2/c1-11-9-12(2)16-13(10-11)19-18(27-16)21(8-7-20(3)4)17(23)14-5-6-15(26-14)22(24)25/h5-6,9-10H,7-8H2,1-4H3/p+1. The minimum absolute atomic E-state index is 0.0349. The summed E-state index contributed by atoms with van der Waals surface area (Å²) in [6.07, 6.45) is 0. The third kappa shape index (κ3) is 4.15. The van der Waals surface area contributed by atoms with Crippen LogP contribution in [0.1, 0.15) is 20.8 Å². The van der Waals surface area contributed by atoms with E-state index in [0.717, 1.165) is 39.2 Å². The lowest BCUT2D eigenvalue weighted by molar-refractivity contribution is -0.856. The SMILES string of the molecule is Cc1cc(C)c2sc(N(CC[NH+](C)C)C(=O)c3ccc([N+](=O)[O-])s3)nc2c1. The zero-order valence-corrected chi connectivity index (χ0v) is 17.2. The fraction of sp³-hybridized carbons (Fsp3) is 0.333. The molecule has 7 nitrogen and oxygen atoms in total. The second-order valence-electron chi connectivity index (χ2n) is 6.74. The Bertz CT molecular complexity index is 1010. The van der Waals surface area contributed by atoms with Gasteiger partial charge in [0.25, 0.3) is 5.91 Å². The molecule has 3 aromatic rings. The number of nitrogens with zero attached hydrogens (tertiary/aromatic N) is 3. The van der Waals surface area contributed by atoms with Gasteiger partial charge >= 0.3 is 5.00 Å². The van der Waals surface area contributed by atoms with E-state index in [1.165, 1.54) is 28.4 Å². The van der Waals surface area contributed by atoms with Gasteiger partial charge in [0.15, 0.2) is 5.13 Å². The number of carbonyl (C=O) groups is 1. The summed E-state index contributed by atoms with van der Waals surface area (Å²) < 4.78 is 1.06. The number of aromatic nitrogens is 1. The topological polar surface area (TPSA) is 80.8 Å². The monoisotopic (exact) mass is 405 g/mol. The second-order valence-corrected chi connectivity index (χ2v) is 8.78. The highest BCUT2D eigenvalue weighted by atomic mass is 32.1.